The lowest BCUT2D eigenvalue weighted by Crippen LogP contribution is -2.50. The van der Waals surface area contributed by atoms with Gasteiger partial charge >= 0.3 is 0 Å². The quantitative estimate of drug-likeness (QED) is 0.820. The topological polar surface area (TPSA) is 40.6 Å². The fraction of sp³-hybridized carbons (Fsp3) is 0.600. The van der Waals surface area contributed by atoms with E-state index in [2.05, 4.69) is 22.0 Å². The van der Waals surface area contributed by atoms with Crippen LogP contribution in [-0.4, -0.2) is 47.3 Å². The van der Waals surface area contributed by atoms with Crippen molar-refractivity contribution in [2.75, 3.05) is 19.6 Å². The molecule has 0 N–H and O–H groups in total. The maximum absolute atomic E-state index is 12.7. The number of fused-ring (bicyclic) bond motifs is 1. The monoisotopic (exact) mass is 370 g/mol. The summed E-state index contributed by atoms with van der Waals surface area (Å²) in [4.78, 5) is 29.8. The second-order valence-corrected chi connectivity index (χ2v) is 8.18. The maximum atomic E-state index is 12.7. The summed E-state index contributed by atoms with van der Waals surface area (Å²) >= 11 is 5.17. The van der Waals surface area contributed by atoms with Crippen LogP contribution >= 0.6 is 27.3 Å². The summed E-state index contributed by atoms with van der Waals surface area (Å²) in [6.45, 7) is 2.03. The van der Waals surface area contributed by atoms with Crippen molar-refractivity contribution < 1.29 is 9.59 Å². The molecule has 3 heterocycles. The van der Waals surface area contributed by atoms with Gasteiger partial charge in [0.05, 0.1) is 3.79 Å². The molecule has 21 heavy (non-hydrogen) atoms. The highest BCUT2D eigenvalue weighted by atomic mass is 79.9. The van der Waals surface area contributed by atoms with Crippen molar-refractivity contribution in [1.29, 1.82) is 0 Å². The van der Waals surface area contributed by atoms with Crippen molar-refractivity contribution in [2.45, 2.75) is 38.1 Å². The molecule has 0 radical (unpaired) electrons. The first-order valence-corrected chi connectivity index (χ1v) is 9.08. The van der Waals surface area contributed by atoms with Crippen LogP contribution in [0.2, 0.25) is 0 Å². The molecule has 0 bridgehead atoms. The number of rotatable bonds is 3. The molecule has 0 aromatic carbocycles. The number of hydrogen-bond acceptors (Lipinski definition) is 3. The third-order valence-corrected chi connectivity index (χ3v) is 5.96. The Morgan fingerprint density at radius 2 is 2.10 bits per heavy atom. The highest BCUT2D eigenvalue weighted by molar-refractivity contribution is 9.11. The predicted molar refractivity (Wildman–Crippen MR) is 86.3 cm³/mol. The van der Waals surface area contributed by atoms with E-state index in [1.807, 2.05) is 15.9 Å². The Bertz CT molecular complexity index is 546. The van der Waals surface area contributed by atoms with Gasteiger partial charge in [0.1, 0.15) is 6.04 Å². The zero-order valence-corrected chi connectivity index (χ0v) is 14.3. The smallest absolute Gasteiger partial charge is 0.245 e. The fourth-order valence-corrected chi connectivity index (χ4v) is 4.61. The molecule has 3 rings (SSSR count). The highest BCUT2D eigenvalue weighted by Crippen LogP contribution is 2.25. The molecule has 0 saturated carbocycles. The highest BCUT2D eigenvalue weighted by Gasteiger charge is 2.37. The average Bonchev–Trinajstić information content (AvgIpc) is 2.87. The molecule has 2 aliphatic rings. The van der Waals surface area contributed by atoms with Gasteiger partial charge in [-0.3, -0.25) is 9.59 Å². The van der Waals surface area contributed by atoms with Gasteiger partial charge in [0.2, 0.25) is 11.8 Å². The minimum Gasteiger partial charge on any atom is -0.340 e. The van der Waals surface area contributed by atoms with E-state index in [0.717, 1.165) is 36.0 Å². The summed E-state index contributed by atoms with van der Waals surface area (Å²) in [5.41, 5.74) is 0. The van der Waals surface area contributed by atoms with E-state index in [1.165, 1.54) is 4.88 Å². The van der Waals surface area contributed by atoms with Crippen LogP contribution in [0.25, 0.3) is 0 Å². The van der Waals surface area contributed by atoms with E-state index < -0.39 is 0 Å². The van der Waals surface area contributed by atoms with E-state index in [-0.39, 0.29) is 17.9 Å². The molecule has 2 amide bonds. The molecule has 6 heteroatoms. The molecule has 1 atom stereocenters. The molecular weight excluding hydrogens is 352 g/mol. The van der Waals surface area contributed by atoms with Gasteiger partial charge in [-0.05, 0) is 53.7 Å². The minimum atomic E-state index is -0.205. The molecule has 1 aromatic rings. The fourth-order valence-electron chi connectivity index (χ4n) is 3.14. The summed E-state index contributed by atoms with van der Waals surface area (Å²) < 4.78 is 1.12. The molecule has 0 aliphatic carbocycles. The van der Waals surface area contributed by atoms with Crippen LogP contribution in [0.5, 0.6) is 0 Å². The number of hydrogen-bond donors (Lipinski definition) is 0. The molecule has 4 nitrogen and oxygen atoms in total. The van der Waals surface area contributed by atoms with E-state index in [0.29, 0.717) is 19.5 Å². The van der Waals surface area contributed by atoms with Gasteiger partial charge in [-0.1, -0.05) is 0 Å². The minimum absolute atomic E-state index is 0.148. The summed E-state index contributed by atoms with van der Waals surface area (Å²) in [5.74, 6) is 0.297. The van der Waals surface area contributed by atoms with Gasteiger partial charge < -0.3 is 9.80 Å². The standard InChI is InChI=1S/C15H19BrN2O2S/c16-13-5-4-11(21-13)6-9-17-10-7-14(19)18-8-2-1-3-12(18)15(17)20/h4-5,12H,1-3,6-10H2. The van der Waals surface area contributed by atoms with Crippen LogP contribution in [-0.2, 0) is 16.0 Å². The largest absolute Gasteiger partial charge is 0.340 e. The number of thiophene rings is 1. The molecule has 0 spiro atoms. The van der Waals surface area contributed by atoms with Gasteiger partial charge in [-0.15, -0.1) is 11.3 Å². The van der Waals surface area contributed by atoms with Crippen LogP contribution in [0.1, 0.15) is 30.6 Å². The van der Waals surface area contributed by atoms with Crippen molar-refractivity contribution in [3.05, 3.63) is 20.8 Å². The van der Waals surface area contributed by atoms with Crippen LogP contribution in [0, 0.1) is 0 Å². The van der Waals surface area contributed by atoms with Gasteiger partial charge in [-0.25, -0.2) is 0 Å². The first-order chi connectivity index (χ1) is 10.1. The SMILES string of the molecule is O=C1C2CCCCN2C(=O)CCN1CCc1ccc(Br)s1. The second kappa shape index (κ2) is 6.48. The molecule has 2 fully saturated rings. The lowest BCUT2D eigenvalue weighted by atomic mass is 10.0. The van der Waals surface area contributed by atoms with Crippen molar-refractivity contribution in [2.24, 2.45) is 0 Å². The summed E-state index contributed by atoms with van der Waals surface area (Å²) in [7, 11) is 0. The van der Waals surface area contributed by atoms with Crippen LogP contribution < -0.4 is 0 Å². The van der Waals surface area contributed by atoms with E-state index in [4.69, 9.17) is 0 Å². The second-order valence-electron chi connectivity index (χ2n) is 5.63. The van der Waals surface area contributed by atoms with E-state index >= 15 is 0 Å². The van der Waals surface area contributed by atoms with Crippen LogP contribution in [0.4, 0.5) is 0 Å². The number of nitrogens with zero attached hydrogens (tertiary/aromatic N) is 2. The summed E-state index contributed by atoms with van der Waals surface area (Å²) in [5, 5.41) is 0. The first-order valence-electron chi connectivity index (χ1n) is 7.47. The van der Waals surface area contributed by atoms with E-state index in [1.54, 1.807) is 11.3 Å². The van der Waals surface area contributed by atoms with Gasteiger partial charge in [0.15, 0.2) is 0 Å². The number of amides is 2. The van der Waals surface area contributed by atoms with E-state index in [9.17, 15) is 9.59 Å². The molecule has 114 valence electrons. The number of halogens is 1. The lowest BCUT2D eigenvalue weighted by molar-refractivity contribution is -0.143. The van der Waals surface area contributed by atoms with Crippen molar-refractivity contribution in [3.8, 4) is 0 Å². The third-order valence-electron chi connectivity index (χ3n) is 4.27. The Hall–Kier alpha value is -0.880. The first kappa shape index (κ1) is 15.0. The molecule has 2 aliphatic heterocycles. The summed E-state index contributed by atoms with van der Waals surface area (Å²) in [6, 6.07) is 3.93. The Balaban J connectivity index is 1.67. The molecule has 1 aromatic heterocycles. The zero-order chi connectivity index (χ0) is 14.8. The van der Waals surface area contributed by atoms with Gasteiger partial charge in [0, 0.05) is 30.9 Å². The van der Waals surface area contributed by atoms with Crippen molar-refractivity contribution >= 4 is 39.1 Å². The normalized spacial score (nSPS) is 23.2. The number of carbonyl (C=O) groups excluding carboxylic acids is 2. The Kier molecular flexibility index (Phi) is 4.64. The number of carbonyl (C=O) groups is 2. The summed E-state index contributed by atoms with van der Waals surface area (Å²) in [6.07, 6.45) is 4.23. The van der Waals surface area contributed by atoms with Crippen LogP contribution in [0.3, 0.4) is 0 Å². The van der Waals surface area contributed by atoms with Crippen LogP contribution in [0.15, 0.2) is 15.9 Å². The van der Waals surface area contributed by atoms with Crippen molar-refractivity contribution in [3.63, 3.8) is 0 Å². The zero-order valence-electron chi connectivity index (χ0n) is 11.9. The molecule has 2 saturated heterocycles. The predicted octanol–water partition coefficient (Wildman–Crippen LogP) is 2.67. The molecular formula is C15H19BrN2O2S. The Morgan fingerprint density at radius 3 is 2.86 bits per heavy atom. The molecule has 1 unspecified atom stereocenters. The number of piperidine rings is 1. The maximum Gasteiger partial charge on any atom is 0.245 e. The Morgan fingerprint density at radius 1 is 1.24 bits per heavy atom. The third kappa shape index (κ3) is 3.31. The van der Waals surface area contributed by atoms with Gasteiger partial charge in [0.25, 0.3) is 0 Å². The van der Waals surface area contributed by atoms with Gasteiger partial charge in [-0.2, -0.15) is 0 Å². The lowest BCUT2D eigenvalue weighted by Gasteiger charge is -2.34. The van der Waals surface area contributed by atoms with Crippen molar-refractivity contribution in [1.82, 2.24) is 9.80 Å². The average molecular weight is 371 g/mol. The Labute approximate surface area is 137 Å².